The molecule has 0 saturated heterocycles. The van der Waals surface area contributed by atoms with Crippen molar-refractivity contribution in [2.45, 2.75) is 48.0 Å². The Morgan fingerprint density at radius 3 is 2.06 bits per heavy atom. The summed E-state index contributed by atoms with van der Waals surface area (Å²) in [6.07, 6.45) is 2.91. The van der Waals surface area contributed by atoms with E-state index < -0.39 is 0 Å². The molecule has 1 N–H and O–H groups in total. The van der Waals surface area contributed by atoms with E-state index in [9.17, 15) is 0 Å². The zero-order chi connectivity index (χ0) is 14.5. The van der Waals surface area contributed by atoms with Gasteiger partial charge in [0.15, 0.2) is 0 Å². The maximum Gasteiger partial charge on any atom is 0.0311 e. The van der Waals surface area contributed by atoms with Crippen LogP contribution in [0.25, 0.3) is 0 Å². The quantitative estimate of drug-likeness (QED) is 0.647. The maximum atomic E-state index is 5.97. The molecule has 18 heavy (non-hydrogen) atoms. The van der Waals surface area contributed by atoms with E-state index in [1.54, 1.807) is 0 Å². The molecule has 0 unspecified atom stereocenters. The second kappa shape index (κ2) is 6.84. The Bertz CT molecular complexity index is 388. The molecule has 0 radical (unpaired) electrons. The Balaban J connectivity index is 4.58. The molecule has 0 aliphatic rings. The molecule has 0 atom stereocenters. The molecule has 1 nitrogen and oxygen atoms in total. The van der Waals surface area contributed by atoms with Crippen molar-refractivity contribution in [2.75, 3.05) is 0 Å². The number of nitrogens with one attached hydrogen (secondary N) is 1. The molecule has 0 aromatic heterocycles. The normalized spacial score (nSPS) is 14.1. The van der Waals surface area contributed by atoms with E-state index in [2.05, 4.69) is 39.2 Å². The molecule has 0 saturated carbocycles. The minimum atomic E-state index is 0.228. The van der Waals surface area contributed by atoms with E-state index in [4.69, 9.17) is 11.6 Å². The summed E-state index contributed by atoms with van der Waals surface area (Å²) in [5, 5.41) is 4.04. The van der Waals surface area contributed by atoms with Crippen molar-refractivity contribution in [3.63, 3.8) is 0 Å². The first-order chi connectivity index (χ1) is 8.03. The standard InChI is InChI=1S/C16H26ClN/c1-11(14(4)15(5)17)9-12(2)18-13(3)10-16(6,7)8/h9,18H,2-3,10H2,1,4-8H3/b11-9-,15-14+. The van der Waals surface area contributed by atoms with Crippen molar-refractivity contribution in [3.05, 3.63) is 46.8 Å². The van der Waals surface area contributed by atoms with Crippen molar-refractivity contribution < 1.29 is 0 Å². The first kappa shape index (κ1) is 17.1. The Morgan fingerprint density at radius 1 is 1.17 bits per heavy atom. The molecular formula is C16H26ClN. The molecule has 102 valence electrons. The summed E-state index contributed by atoms with van der Waals surface area (Å²) >= 11 is 5.97. The summed E-state index contributed by atoms with van der Waals surface area (Å²) in [7, 11) is 0. The van der Waals surface area contributed by atoms with E-state index in [0.717, 1.165) is 34.0 Å². The third-order valence-electron chi connectivity index (χ3n) is 2.58. The highest BCUT2D eigenvalue weighted by Crippen LogP contribution is 2.23. The number of allylic oxidation sites excluding steroid dienone is 5. The van der Waals surface area contributed by atoms with E-state index in [-0.39, 0.29) is 5.41 Å². The fraction of sp³-hybridized carbons (Fsp3) is 0.500. The molecule has 0 spiro atoms. The third kappa shape index (κ3) is 7.39. The van der Waals surface area contributed by atoms with Gasteiger partial charge in [0.25, 0.3) is 0 Å². The van der Waals surface area contributed by atoms with E-state index >= 15 is 0 Å². The lowest BCUT2D eigenvalue weighted by molar-refractivity contribution is 0.403. The van der Waals surface area contributed by atoms with Gasteiger partial charge in [-0.2, -0.15) is 0 Å². The van der Waals surface area contributed by atoms with Gasteiger partial charge in [0, 0.05) is 16.4 Å². The molecule has 0 fully saturated rings. The highest BCUT2D eigenvalue weighted by Gasteiger charge is 2.11. The van der Waals surface area contributed by atoms with Crippen LogP contribution in [0.15, 0.2) is 46.8 Å². The van der Waals surface area contributed by atoms with Crippen LogP contribution in [0.4, 0.5) is 0 Å². The highest BCUT2D eigenvalue weighted by atomic mass is 35.5. The minimum Gasteiger partial charge on any atom is -0.360 e. The molecule has 0 rings (SSSR count). The molecular weight excluding hydrogens is 242 g/mol. The van der Waals surface area contributed by atoms with Gasteiger partial charge in [-0.15, -0.1) is 0 Å². The van der Waals surface area contributed by atoms with Crippen molar-refractivity contribution in [1.82, 2.24) is 5.32 Å². The Kier molecular flexibility index (Phi) is 6.48. The topological polar surface area (TPSA) is 12.0 Å². The lowest BCUT2D eigenvalue weighted by atomic mass is 9.91. The zero-order valence-corrected chi connectivity index (χ0v) is 13.3. The van der Waals surface area contributed by atoms with Gasteiger partial charge in [-0.25, -0.2) is 0 Å². The summed E-state index contributed by atoms with van der Waals surface area (Å²) < 4.78 is 0. The van der Waals surface area contributed by atoms with Crippen molar-refractivity contribution in [1.29, 1.82) is 0 Å². The number of hydrogen-bond acceptors (Lipinski definition) is 1. The second-order valence-corrected chi connectivity index (χ2v) is 6.54. The monoisotopic (exact) mass is 267 g/mol. The maximum absolute atomic E-state index is 5.97. The number of halogens is 1. The van der Waals surface area contributed by atoms with E-state index in [1.165, 1.54) is 0 Å². The van der Waals surface area contributed by atoms with Crippen molar-refractivity contribution >= 4 is 11.6 Å². The van der Waals surface area contributed by atoms with E-state index in [1.807, 2.05) is 26.8 Å². The average molecular weight is 268 g/mol. The lowest BCUT2D eigenvalue weighted by Crippen LogP contribution is -2.16. The Morgan fingerprint density at radius 2 is 1.67 bits per heavy atom. The van der Waals surface area contributed by atoms with Crippen LogP contribution in [0.2, 0.25) is 0 Å². The molecule has 0 amide bonds. The van der Waals surface area contributed by atoms with Crippen LogP contribution in [0.3, 0.4) is 0 Å². The number of rotatable bonds is 5. The summed E-state index contributed by atoms with van der Waals surface area (Å²) in [5.74, 6) is 0. The molecule has 2 heteroatoms. The van der Waals surface area contributed by atoms with Gasteiger partial charge in [-0.05, 0) is 49.8 Å². The van der Waals surface area contributed by atoms with Crippen LogP contribution >= 0.6 is 11.6 Å². The minimum absolute atomic E-state index is 0.228. The van der Waals surface area contributed by atoms with Gasteiger partial charge >= 0.3 is 0 Å². The van der Waals surface area contributed by atoms with Crippen LogP contribution in [0.5, 0.6) is 0 Å². The van der Waals surface area contributed by atoms with Crippen LogP contribution in [-0.2, 0) is 0 Å². The van der Waals surface area contributed by atoms with Gasteiger partial charge in [0.2, 0.25) is 0 Å². The highest BCUT2D eigenvalue weighted by molar-refractivity contribution is 6.29. The second-order valence-electron chi connectivity index (χ2n) is 5.98. The van der Waals surface area contributed by atoms with Gasteiger partial charge in [-0.3, -0.25) is 0 Å². The smallest absolute Gasteiger partial charge is 0.0311 e. The van der Waals surface area contributed by atoms with Gasteiger partial charge in [0.1, 0.15) is 0 Å². The largest absolute Gasteiger partial charge is 0.360 e. The molecule has 0 aromatic carbocycles. The summed E-state index contributed by atoms with van der Waals surface area (Å²) in [4.78, 5) is 0. The summed E-state index contributed by atoms with van der Waals surface area (Å²) in [6, 6.07) is 0. The van der Waals surface area contributed by atoms with Crippen molar-refractivity contribution in [2.24, 2.45) is 5.41 Å². The van der Waals surface area contributed by atoms with Crippen LogP contribution in [0, 0.1) is 5.41 Å². The third-order valence-corrected chi connectivity index (χ3v) is 2.86. The van der Waals surface area contributed by atoms with Crippen LogP contribution in [0.1, 0.15) is 48.0 Å². The van der Waals surface area contributed by atoms with Crippen LogP contribution < -0.4 is 5.32 Å². The van der Waals surface area contributed by atoms with Crippen LogP contribution in [-0.4, -0.2) is 0 Å². The summed E-state index contributed by atoms with van der Waals surface area (Å²) in [5.41, 5.74) is 4.26. The predicted octanol–water partition coefficient (Wildman–Crippen LogP) is 5.52. The molecule has 0 bridgehead atoms. The first-order valence-corrected chi connectivity index (χ1v) is 6.56. The molecule has 0 aromatic rings. The molecule has 0 heterocycles. The first-order valence-electron chi connectivity index (χ1n) is 6.18. The van der Waals surface area contributed by atoms with E-state index in [0.29, 0.717) is 0 Å². The predicted molar refractivity (Wildman–Crippen MR) is 83.5 cm³/mol. The fourth-order valence-electron chi connectivity index (χ4n) is 1.59. The average Bonchev–Trinajstić information content (AvgIpc) is 2.12. The summed E-state index contributed by atoms with van der Waals surface area (Å²) in [6.45, 7) is 20.5. The Labute approximate surface area is 117 Å². The van der Waals surface area contributed by atoms with Gasteiger partial charge in [-0.1, -0.05) is 45.5 Å². The SMILES string of the molecule is C=C(/C=C(C)\C(C)=C(/C)Cl)NC(=C)CC(C)(C)C. The zero-order valence-electron chi connectivity index (χ0n) is 12.6. The lowest BCUT2D eigenvalue weighted by Gasteiger charge is -2.21. The fourth-order valence-corrected chi connectivity index (χ4v) is 1.74. The van der Waals surface area contributed by atoms with Gasteiger partial charge in [0.05, 0.1) is 0 Å². The molecule has 0 aliphatic carbocycles. The van der Waals surface area contributed by atoms with Crippen molar-refractivity contribution in [3.8, 4) is 0 Å². The Hall–Kier alpha value is -0.950. The van der Waals surface area contributed by atoms with Gasteiger partial charge < -0.3 is 5.32 Å². The number of hydrogen-bond donors (Lipinski definition) is 1. The molecule has 0 aliphatic heterocycles.